The van der Waals surface area contributed by atoms with Crippen LogP contribution in [0.25, 0.3) is 0 Å². The Morgan fingerprint density at radius 1 is 1.08 bits per heavy atom. The standard InChI is InChI=1S/C21H26N4O/c1-15-13-23-17(14-22-15)21(26)25-18-10-6-7-11-24(2)20(18)12-19(25)16-8-4-3-5-9-16/h3-5,8-9,13-14,18-20H,6-7,10-12H2,1-2H3/t18-,19-,20+/m1/s1. The van der Waals surface area contributed by atoms with E-state index in [0.717, 1.165) is 31.5 Å². The zero-order valence-electron chi connectivity index (χ0n) is 15.5. The largest absolute Gasteiger partial charge is 0.326 e. The first-order chi connectivity index (χ1) is 12.6. The minimum absolute atomic E-state index is 0.00848. The van der Waals surface area contributed by atoms with Gasteiger partial charge in [-0.1, -0.05) is 36.8 Å². The summed E-state index contributed by atoms with van der Waals surface area (Å²) in [7, 11) is 2.20. The summed E-state index contributed by atoms with van der Waals surface area (Å²) in [6.07, 6.45) is 7.70. The van der Waals surface area contributed by atoms with Crippen LogP contribution in [-0.4, -0.2) is 51.4 Å². The Labute approximate surface area is 155 Å². The summed E-state index contributed by atoms with van der Waals surface area (Å²) in [5.74, 6) is 0.00848. The molecule has 2 fully saturated rings. The van der Waals surface area contributed by atoms with Crippen LogP contribution in [-0.2, 0) is 0 Å². The first-order valence-electron chi connectivity index (χ1n) is 9.51. The molecule has 136 valence electrons. The number of rotatable bonds is 2. The average Bonchev–Trinajstić information content (AvgIpc) is 2.96. The highest BCUT2D eigenvalue weighted by Gasteiger charge is 2.46. The van der Waals surface area contributed by atoms with Crippen molar-refractivity contribution < 1.29 is 4.79 Å². The van der Waals surface area contributed by atoms with Gasteiger partial charge < -0.3 is 9.80 Å². The SMILES string of the molecule is Cc1cnc(C(=O)N2[C@@H](c3ccccc3)C[C@H]3[C@H]2CCCCN3C)cn1. The maximum absolute atomic E-state index is 13.4. The van der Waals surface area contributed by atoms with Crippen molar-refractivity contribution in [2.24, 2.45) is 0 Å². The van der Waals surface area contributed by atoms with E-state index in [9.17, 15) is 4.79 Å². The molecule has 5 heteroatoms. The van der Waals surface area contributed by atoms with Gasteiger partial charge in [-0.15, -0.1) is 0 Å². The maximum Gasteiger partial charge on any atom is 0.274 e. The summed E-state index contributed by atoms with van der Waals surface area (Å²) in [6, 6.07) is 11.2. The lowest BCUT2D eigenvalue weighted by Crippen LogP contribution is -2.45. The number of carbonyl (C=O) groups is 1. The van der Waals surface area contributed by atoms with Gasteiger partial charge in [-0.2, -0.15) is 0 Å². The van der Waals surface area contributed by atoms with Crippen LogP contribution in [0.5, 0.6) is 0 Å². The van der Waals surface area contributed by atoms with Crippen LogP contribution >= 0.6 is 0 Å². The molecule has 2 aromatic rings. The van der Waals surface area contributed by atoms with Gasteiger partial charge >= 0.3 is 0 Å². The van der Waals surface area contributed by atoms with Crippen molar-refractivity contribution in [1.29, 1.82) is 0 Å². The average molecular weight is 350 g/mol. The van der Waals surface area contributed by atoms with E-state index in [4.69, 9.17) is 0 Å². The number of likely N-dealkylation sites (tertiary alicyclic amines) is 2. The fraction of sp³-hybridized carbons (Fsp3) is 0.476. The predicted molar refractivity (Wildman–Crippen MR) is 101 cm³/mol. The smallest absolute Gasteiger partial charge is 0.274 e. The van der Waals surface area contributed by atoms with Crippen molar-refractivity contribution in [2.75, 3.05) is 13.6 Å². The van der Waals surface area contributed by atoms with Crippen LogP contribution in [0.4, 0.5) is 0 Å². The van der Waals surface area contributed by atoms with Gasteiger partial charge in [-0.25, -0.2) is 4.98 Å². The summed E-state index contributed by atoms with van der Waals surface area (Å²) >= 11 is 0. The normalized spacial score (nSPS) is 26.4. The third-order valence-electron chi connectivity index (χ3n) is 5.85. The fourth-order valence-electron chi connectivity index (χ4n) is 4.50. The van der Waals surface area contributed by atoms with Crippen LogP contribution in [0, 0.1) is 6.92 Å². The van der Waals surface area contributed by atoms with Gasteiger partial charge in [0.15, 0.2) is 0 Å². The molecular weight excluding hydrogens is 324 g/mol. The van der Waals surface area contributed by atoms with E-state index in [1.807, 2.05) is 13.0 Å². The van der Waals surface area contributed by atoms with Crippen molar-refractivity contribution in [3.63, 3.8) is 0 Å². The van der Waals surface area contributed by atoms with Gasteiger partial charge in [0, 0.05) is 18.3 Å². The zero-order chi connectivity index (χ0) is 18.1. The quantitative estimate of drug-likeness (QED) is 0.834. The minimum atomic E-state index is 0.00848. The predicted octanol–water partition coefficient (Wildman–Crippen LogP) is 3.23. The van der Waals surface area contributed by atoms with E-state index in [1.165, 1.54) is 12.0 Å². The van der Waals surface area contributed by atoms with Gasteiger partial charge in [-0.05, 0) is 45.3 Å². The molecule has 0 saturated carbocycles. The van der Waals surface area contributed by atoms with E-state index in [-0.39, 0.29) is 18.0 Å². The Hall–Kier alpha value is -2.27. The lowest BCUT2D eigenvalue weighted by molar-refractivity contribution is 0.0625. The number of nitrogens with zero attached hydrogens (tertiary/aromatic N) is 4. The van der Waals surface area contributed by atoms with Crippen molar-refractivity contribution in [1.82, 2.24) is 19.8 Å². The Balaban J connectivity index is 1.72. The van der Waals surface area contributed by atoms with Crippen molar-refractivity contribution in [3.8, 4) is 0 Å². The molecule has 1 aromatic carbocycles. The molecule has 0 spiro atoms. The Kier molecular flexibility index (Phi) is 4.72. The lowest BCUT2D eigenvalue weighted by Gasteiger charge is -2.32. The molecule has 1 amide bonds. The molecule has 3 atom stereocenters. The summed E-state index contributed by atoms with van der Waals surface area (Å²) in [4.78, 5) is 26.6. The molecule has 0 aliphatic carbocycles. The molecule has 2 aliphatic rings. The third kappa shape index (κ3) is 3.12. The molecule has 4 rings (SSSR count). The van der Waals surface area contributed by atoms with Crippen LogP contribution in [0.2, 0.25) is 0 Å². The fourth-order valence-corrected chi connectivity index (χ4v) is 4.50. The molecule has 5 nitrogen and oxygen atoms in total. The van der Waals surface area contributed by atoms with Crippen LogP contribution in [0.1, 0.15) is 53.5 Å². The molecule has 26 heavy (non-hydrogen) atoms. The molecule has 0 bridgehead atoms. The zero-order valence-corrected chi connectivity index (χ0v) is 15.5. The highest BCUT2D eigenvalue weighted by molar-refractivity contribution is 5.93. The lowest BCUT2D eigenvalue weighted by atomic mass is 10.0. The van der Waals surface area contributed by atoms with Gasteiger partial charge in [0.25, 0.3) is 5.91 Å². The Bertz CT molecular complexity index is 761. The molecule has 0 N–H and O–H groups in total. The number of carbonyl (C=O) groups excluding carboxylic acids is 1. The van der Waals surface area contributed by atoms with Crippen LogP contribution in [0.3, 0.4) is 0 Å². The van der Waals surface area contributed by atoms with E-state index in [0.29, 0.717) is 11.7 Å². The van der Waals surface area contributed by atoms with Gasteiger partial charge in [0.05, 0.1) is 17.9 Å². The number of amides is 1. The number of fused-ring (bicyclic) bond motifs is 1. The highest BCUT2D eigenvalue weighted by Crippen LogP contribution is 2.42. The first-order valence-corrected chi connectivity index (χ1v) is 9.51. The number of aromatic nitrogens is 2. The second-order valence-corrected chi connectivity index (χ2v) is 7.53. The number of benzene rings is 1. The van der Waals surface area contributed by atoms with E-state index < -0.39 is 0 Å². The van der Waals surface area contributed by atoms with Crippen molar-refractivity contribution in [3.05, 3.63) is 59.7 Å². The summed E-state index contributed by atoms with van der Waals surface area (Å²) in [5, 5.41) is 0. The number of likely N-dealkylation sites (N-methyl/N-ethyl adjacent to an activating group) is 1. The first kappa shape index (κ1) is 17.2. The van der Waals surface area contributed by atoms with Crippen molar-refractivity contribution >= 4 is 5.91 Å². The van der Waals surface area contributed by atoms with Gasteiger partial charge in [0.1, 0.15) is 5.69 Å². The highest BCUT2D eigenvalue weighted by atomic mass is 16.2. The molecular formula is C21H26N4O. The molecule has 2 aliphatic heterocycles. The van der Waals surface area contributed by atoms with Gasteiger partial charge in [0.2, 0.25) is 0 Å². The monoisotopic (exact) mass is 350 g/mol. The maximum atomic E-state index is 13.4. The topological polar surface area (TPSA) is 49.3 Å². The number of aryl methyl sites for hydroxylation is 1. The summed E-state index contributed by atoms with van der Waals surface area (Å²) in [6.45, 7) is 3.00. The Morgan fingerprint density at radius 3 is 2.62 bits per heavy atom. The molecule has 0 radical (unpaired) electrons. The molecule has 2 saturated heterocycles. The van der Waals surface area contributed by atoms with Crippen LogP contribution in [0.15, 0.2) is 42.7 Å². The van der Waals surface area contributed by atoms with Crippen molar-refractivity contribution in [2.45, 2.75) is 50.7 Å². The second kappa shape index (κ2) is 7.16. The van der Waals surface area contributed by atoms with E-state index >= 15 is 0 Å². The molecule has 3 heterocycles. The van der Waals surface area contributed by atoms with E-state index in [2.05, 4.69) is 51.1 Å². The van der Waals surface area contributed by atoms with Gasteiger partial charge in [-0.3, -0.25) is 9.78 Å². The van der Waals surface area contributed by atoms with E-state index in [1.54, 1.807) is 12.4 Å². The third-order valence-corrected chi connectivity index (χ3v) is 5.85. The van der Waals surface area contributed by atoms with Crippen LogP contribution < -0.4 is 0 Å². The summed E-state index contributed by atoms with van der Waals surface area (Å²) in [5.41, 5.74) is 2.49. The summed E-state index contributed by atoms with van der Waals surface area (Å²) < 4.78 is 0. The number of hydrogen-bond acceptors (Lipinski definition) is 4. The molecule has 0 unspecified atom stereocenters. The second-order valence-electron chi connectivity index (χ2n) is 7.53. The number of hydrogen-bond donors (Lipinski definition) is 0. The Morgan fingerprint density at radius 2 is 1.88 bits per heavy atom. The molecule has 1 aromatic heterocycles. The minimum Gasteiger partial charge on any atom is -0.326 e.